The summed E-state index contributed by atoms with van der Waals surface area (Å²) in [6.07, 6.45) is 3.66. The van der Waals surface area contributed by atoms with E-state index in [2.05, 4.69) is 4.90 Å². The number of nitrogens with zero attached hydrogens (tertiary/aromatic N) is 1. The molecule has 2 heterocycles. The maximum atomic E-state index is 9.57. The van der Waals surface area contributed by atoms with Crippen molar-refractivity contribution in [3.63, 3.8) is 0 Å². The van der Waals surface area contributed by atoms with Crippen molar-refractivity contribution in [2.45, 2.75) is 31.4 Å². The van der Waals surface area contributed by atoms with E-state index in [-0.39, 0.29) is 12.1 Å². The summed E-state index contributed by atoms with van der Waals surface area (Å²) < 4.78 is 5.23. The van der Waals surface area contributed by atoms with E-state index < -0.39 is 0 Å². The lowest BCUT2D eigenvalue weighted by molar-refractivity contribution is 0.0704. The molecular weight excluding hydrogens is 154 g/mol. The summed E-state index contributed by atoms with van der Waals surface area (Å²) in [5.74, 6) is 0. The molecule has 2 aliphatic rings. The molecule has 3 nitrogen and oxygen atoms in total. The van der Waals surface area contributed by atoms with Crippen LogP contribution >= 0.6 is 0 Å². The Kier molecular flexibility index (Phi) is 2.63. The van der Waals surface area contributed by atoms with Crippen molar-refractivity contribution in [3.8, 4) is 0 Å². The normalized spacial score (nSPS) is 38.8. The fourth-order valence-electron chi connectivity index (χ4n) is 2.13. The van der Waals surface area contributed by atoms with Crippen LogP contribution in [0.25, 0.3) is 0 Å². The standard InChI is InChI=1S/C9H17NO2/c11-9-7-12-6-8(9)10-4-2-1-3-5-10/h8-9,11H,1-7H2/t8-,9-/m1/s1. The minimum absolute atomic E-state index is 0.247. The van der Waals surface area contributed by atoms with E-state index in [1.54, 1.807) is 0 Å². The molecule has 0 aliphatic carbocycles. The average molecular weight is 171 g/mol. The molecule has 0 radical (unpaired) electrons. The first kappa shape index (κ1) is 8.48. The minimum atomic E-state index is -0.247. The Hall–Kier alpha value is -0.120. The van der Waals surface area contributed by atoms with Crippen molar-refractivity contribution >= 4 is 0 Å². The second-order valence-corrected chi connectivity index (χ2v) is 3.77. The Bertz CT molecular complexity index is 145. The van der Waals surface area contributed by atoms with Crippen LogP contribution in [0.5, 0.6) is 0 Å². The summed E-state index contributed by atoms with van der Waals surface area (Å²) >= 11 is 0. The molecule has 2 atom stereocenters. The number of ether oxygens (including phenoxy) is 1. The molecule has 0 aromatic rings. The second-order valence-electron chi connectivity index (χ2n) is 3.77. The second kappa shape index (κ2) is 3.73. The third kappa shape index (κ3) is 1.63. The predicted octanol–water partition coefficient (Wildman–Crippen LogP) is 0.232. The molecule has 3 heteroatoms. The van der Waals surface area contributed by atoms with Gasteiger partial charge < -0.3 is 9.84 Å². The lowest BCUT2D eigenvalue weighted by atomic mass is 10.1. The highest BCUT2D eigenvalue weighted by Gasteiger charge is 2.31. The van der Waals surface area contributed by atoms with E-state index in [0.717, 1.165) is 19.7 Å². The highest BCUT2D eigenvalue weighted by molar-refractivity contribution is 4.84. The molecule has 12 heavy (non-hydrogen) atoms. The number of likely N-dealkylation sites (tertiary alicyclic amines) is 1. The number of piperidine rings is 1. The fraction of sp³-hybridized carbons (Fsp3) is 1.00. The van der Waals surface area contributed by atoms with Crippen molar-refractivity contribution < 1.29 is 9.84 Å². The van der Waals surface area contributed by atoms with Gasteiger partial charge in [0.1, 0.15) is 0 Å². The lowest BCUT2D eigenvalue weighted by Gasteiger charge is -2.32. The van der Waals surface area contributed by atoms with Gasteiger partial charge in [-0.25, -0.2) is 0 Å². The van der Waals surface area contributed by atoms with Gasteiger partial charge in [0, 0.05) is 0 Å². The zero-order valence-corrected chi connectivity index (χ0v) is 7.41. The number of aliphatic hydroxyl groups is 1. The first-order valence-electron chi connectivity index (χ1n) is 4.88. The van der Waals surface area contributed by atoms with Gasteiger partial charge in [0.25, 0.3) is 0 Å². The van der Waals surface area contributed by atoms with Crippen LogP contribution in [-0.4, -0.2) is 48.5 Å². The monoisotopic (exact) mass is 171 g/mol. The Balaban J connectivity index is 1.89. The quantitative estimate of drug-likeness (QED) is 0.613. The van der Waals surface area contributed by atoms with Gasteiger partial charge in [0.2, 0.25) is 0 Å². The third-order valence-electron chi connectivity index (χ3n) is 2.88. The zero-order chi connectivity index (χ0) is 8.39. The van der Waals surface area contributed by atoms with Crippen molar-refractivity contribution in [1.82, 2.24) is 4.90 Å². The van der Waals surface area contributed by atoms with Gasteiger partial charge in [-0.3, -0.25) is 4.90 Å². The molecule has 0 amide bonds. The number of aliphatic hydroxyl groups excluding tert-OH is 1. The molecule has 0 aromatic heterocycles. The van der Waals surface area contributed by atoms with Gasteiger partial charge in [-0.1, -0.05) is 6.42 Å². The molecular formula is C9H17NO2. The summed E-state index contributed by atoms with van der Waals surface area (Å²) in [5.41, 5.74) is 0. The Morgan fingerprint density at radius 1 is 1.08 bits per heavy atom. The van der Waals surface area contributed by atoms with Gasteiger partial charge >= 0.3 is 0 Å². The molecule has 2 saturated heterocycles. The maximum absolute atomic E-state index is 9.57. The van der Waals surface area contributed by atoms with Crippen LogP contribution in [0.3, 0.4) is 0 Å². The molecule has 2 fully saturated rings. The molecule has 0 unspecified atom stereocenters. The number of hydrogen-bond acceptors (Lipinski definition) is 3. The third-order valence-corrected chi connectivity index (χ3v) is 2.88. The van der Waals surface area contributed by atoms with E-state index in [9.17, 15) is 5.11 Å². The minimum Gasteiger partial charge on any atom is -0.389 e. The average Bonchev–Trinajstić information content (AvgIpc) is 2.53. The maximum Gasteiger partial charge on any atom is 0.0950 e. The molecule has 1 N–H and O–H groups in total. The topological polar surface area (TPSA) is 32.7 Å². The molecule has 70 valence electrons. The highest BCUT2D eigenvalue weighted by atomic mass is 16.5. The molecule has 0 spiro atoms. The van der Waals surface area contributed by atoms with E-state index in [1.807, 2.05) is 0 Å². The van der Waals surface area contributed by atoms with Crippen LogP contribution in [0.4, 0.5) is 0 Å². The SMILES string of the molecule is O[C@@H]1COC[C@H]1N1CCCCC1. The number of rotatable bonds is 1. The summed E-state index contributed by atoms with van der Waals surface area (Å²) in [5, 5.41) is 9.57. The lowest BCUT2D eigenvalue weighted by Crippen LogP contribution is -2.45. The van der Waals surface area contributed by atoms with Gasteiger partial charge in [0.05, 0.1) is 25.4 Å². The van der Waals surface area contributed by atoms with E-state index in [0.29, 0.717) is 6.61 Å². The largest absolute Gasteiger partial charge is 0.389 e. The molecule has 2 rings (SSSR count). The molecule has 0 bridgehead atoms. The van der Waals surface area contributed by atoms with E-state index in [4.69, 9.17) is 4.74 Å². The summed E-state index contributed by atoms with van der Waals surface area (Å²) in [6.45, 7) is 3.54. The van der Waals surface area contributed by atoms with E-state index in [1.165, 1.54) is 19.3 Å². The Morgan fingerprint density at radius 2 is 1.83 bits per heavy atom. The van der Waals surface area contributed by atoms with Crippen LogP contribution in [-0.2, 0) is 4.74 Å². The number of hydrogen-bond donors (Lipinski definition) is 1. The van der Waals surface area contributed by atoms with Crippen LogP contribution in [0.1, 0.15) is 19.3 Å². The van der Waals surface area contributed by atoms with Crippen molar-refractivity contribution in [1.29, 1.82) is 0 Å². The Labute approximate surface area is 73.3 Å². The summed E-state index contributed by atoms with van der Waals surface area (Å²) in [7, 11) is 0. The van der Waals surface area contributed by atoms with Crippen molar-refractivity contribution in [2.24, 2.45) is 0 Å². The fourth-order valence-corrected chi connectivity index (χ4v) is 2.13. The molecule has 0 aromatic carbocycles. The van der Waals surface area contributed by atoms with Gasteiger partial charge in [0.15, 0.2) is 0 Å². The van der Waals surface area contributed by atoms with E-state index >= 15 is 0 Å². The first-order chi connectivity index (χ1) is 5.88. The summed E-state index contributed by atoms with van der Waals surface area (Å²) in [6, 6.07) is 0.283. The van der Waals surface area contributed by atoms with Gasteiger partial charge in [-0.05, 0) is 25.9 Å². The highest BCUT2D eigenvalue weighted by Crippen LogP contribution is 2.18. The smallest absolute Gasteiger partial charge is 0.0950 e. The first-order valence-corrected chi connectivity index (χ1v) is 4.88. The molecule has 2 aliphatic heterocycles. The van der Waals surface area contributed by atoms with Crippen LogP contribution < -0.4 is 0 Å². The zero-order valence-electron chi connectivity index (χ0n) is 7.41. The predicted molar refractivity (Wildman–Crippen MR) is 46.0 cm³/mol. The van der Waals surface area contributed by atoms with Crippen molar-refractivity contribution in [2.75, 3.05) is 26.3 Å². The van der Waals surface area contributed by atoms with Crippen molar-refractivity contribution in [3.05, 3.63) is 0 Å². The van der Waals surface area contributed by atoms with Gasteiger partial charge in [-0.2, -0.15) is 0 Å². The van der Waals surface area contributed by atoms with Crippen LogP contribution in [0.15, 0.2) is 0 Å². The summed E-state index contributed by atoms with van der Waals surface area (Å²) in [4.78, 5) is 2.38. The van der Waals surface area contributed by atoms with Crippen LogP contribution in [0, 0.1) is 0 Å². The van der Waals surface area contributed by atoms with Gasteiger partial charge in [-0.15, -0.1) is 0 Å². The molecule has 0 saturated carbocycles. The van der Waals surface area contributed by atoms with Crippen LogP contribution in [0.2, 0.25) is 0 Å². The Morgan fingerprint density at radius 3 is 2.42 bits per heavy atom.